The van der Waals surface area contributed by atoms with E-state index in [0.29, 0.717) is 11.7 Å². The topological polar surface area (TPSA) is 29.1 Å². The molecular weight excluding hydrogens is 198 g/mol. The molecule has 0 fully saturated rings. The van der Waals surface area contributed by atoms with Gasteiger partial charge in [-0.2, -0.15) is 0 Å². The number of ketones is 1. The predicted molar refractivity (Wildman–Crippen MR) is 64.6 cm³/mol. The number of anilines is 1. The average Bonchev–Trinajstić information content (AvgIpc) is 2.72. The Kier molecular flexibility index (Phi) is 2.28. The summed E-state index contributed by atoms with van der Waals surface area (Å²) in [7, 11) is 0. The molecule has 2 heteroatoms. The molecule has 0 amide bonds. The summed E-state index contributed by atoms with van der Waals surface area (Å²) in [5.41, 5.74) is 3.89. The Bertz CT molecular complexity index is 462. The summed E-state index contributed by atoms with van der Waals surface area (Å²) in [6, 6.07) is 8.40. The Balaban J connectivity index is 1.95. The van der Waals surface area contributed by atoms with Crippen LogP contribution >= 0.6 is 0 Å². The van der Waals surface area contributed by atoms with E-state index in [0.717, 1.165) is 25.8 Å². The minimum atomic E-state index is 0.297. The number of carbonyl (C=O) groups excluding carboxylic acids is 1. The van der Waals surface area contributed by atoms with Crippen molar-refractivity contribution in [3.8, 4) is 0 Å². The molecule has 0 radical (unpaired) electrons. The highest BCUT2D eigenvalue weighted by Gasteiger charge is 2.26. The lowest BCUT2D eigenvalue weighted by Crippen LogP contribution is -2.11. The van der Waals surface area contributed by atoms with Crippen LogP contribution in [-0.2, 0) is 4.79 Å². The lowest BCUT2D eigenvalue weighted by atomic mass is 9.85. The molecule has 1 aromatic rings. The Morgan fingerprint density at radius 3 is 2.94 bits per heavy atom. The molecule has 1 heterocycles. The van der Waals surface area contributed by atoms with E-state index >= 15 is 0 Å². The second-order valence-electron chi connectivity index (χ2n) is 4.56. The van der Waals surface area contributed by atoms with Gasteiger partial charge in [0.25, 0.3) is 0 Å². The Morgan fingerprint density at radius 2 is 2.06 bits per heavy atom. The summed E-state index contributed by atoms with van der Waals surface area (Å²) in [6.45, 7) is 0.943. The van der Waals surface area contributed by atoms with Crippen LogP contribution in [-0.4, -0.2) is 12.3 Å². The smallest absolute Gasteiger partial charge is 0.155 e. The van der Waals surface area contributed by atoms with Crippen molar-refractivity contribution in [1.29, 1.82) is 0 Å². The van der Waals surface area contributed by atoms with Crippen LogP contribution in [0.3, 0.4) is 0 Å². The molecule has 1 unspecified atom stereocenters. The molecule has 1 aromatic carbocycles. The highest BCUT2D eigenvalue weighted by atomic mass is 16.1. The number of benzene rings is 1. The van der Waals surface area contributed by atoms with Crippen molar-refractivity contribution in [2.75, 3.05) is 11.9 Å². The first-order valence-corrected chi connectivity index (χ1v) is 5.91. The van der Waals surface area contributed by atoms with Gasteiger partial charge in [-0.05, 0) is 30.5 Å². The number of rotatable bonds is 1. The monoisotopic (exact) mass is 213 g/mol. The largest absolute Gasteiger partial charge is 0.384 e. The standard InChI is InChI=1S/C14H15NO/c16-11-5-3-4-10(8-11)13-9-15-14-7-2-1-6-12(13)14/h1-2,6-8,13,15H,3-5,9H2. The van der Waals surface area contributed by atoms with Crippen molar-refractivity contribution in [1.82, 2.24) is 0 Å². The normalized spacial score (nSPS) is 23.6. The zero-order chi connectivity index (χ0) is 11.0. The number of hydrogen-bond acceptors (Lipinski definition) is 2. The minimum Gasteiger partial charge on any atom is -0.384 e. The number of hydrogen-bond donors (Lipinski definition) is 1. The molecular formula is C14H15NO. The summed E-state index contributed by atoms with van der Waals surface area (Å²) in [5, 5.41) is 3.41. The van der Waals surface area contributed by atoms with Gasteiger partial charge >= 0.3 is 0 Å². The maximum atomic E-state index is 11.4. The van der Waals surface area contributed by atoms with E-state index in [1.165, 1.54) is 16.8 Å². The quantitative estimate of drug-likeness (QED) is 0.777. The van der Waals surface area contributed by atoms with E-state index in [2.05, 4.69) is 29.6 Å². The summed E-state index contributed by atoms with van der Waals surface area (Å²) in [6.07, 6.45) is 4.69. The van der Waals surface area contributed by atoms with E-state index in [1.54, 1.807) is 0 Å². The van der Waals surface area contributed by atoms with Crippen molar-refractivity contribution < 1.29 is 4.79 Å². The number of fused-ring (bicyclic) bond motifs is 1. The SMILES string of the molecule is O=C1C=C(C2CNc3ccccc32)CCC1. The minimum absolute atomic E-state index is 0.297. The summed E-state index contributed by atoms with van der Waals surface area (Å²) >= 11 is 0. The van der Waals surface area contributed by atoms with Crippen LogP contribution < -0.4 is 5.32 Å². The molecule has 1 aliphatic heterocycles. The molecule has 0 saturated heterocycles. The fourth-order valence-corrected chi connectivity index (χ4v) is 2.71. The van der Waals surface area contributed by atoms with Crippen LogP contribution in [0.4, 0.5) is 5.69 Å². The zero-order valence-corrected chi connectivity index (χ0v) is 9.20. The molecule has 16 heavy (non-hydrogen) atoms. The fraction of sp³-hybridized carbons (Fsp3) is 0.357. The van der Waals surface area contributed by atoms with Gasteiger partial charge in [0.1, 0.15) is 0 Å². The zero-order valence-electron chi connectivity index (χ0n) is 9.20. The maximum Gasteiger partial charge on any atom is 0.155 e. The highest BCUT2D eigenvalue weighted by molar-refractivity contribution is 5.91. The fourth-order valence-electron chi connectivity index (χ4n) is 2.71. The van der Waals surface area contributed by atoms with Crippen molar-refractivity contribution in [3.63, 3.8) is 0 Å². The maximum absolute atomic E-state index is 11.4. The van der Waals surface area contributed by atoms with Gasteiger partial charge in [0.15, 0.2) is 5.78 Å². The third-order valence-electron chi connectivity index (χ3n) is 3.52. The summed E-state index contributed by atoms with van der Waals surface area (Å²) in [5.74, 6) is 0.714. The third-order valence-corrected chi connectivity index (χ3v) is 3.52. The molecule has 0 saturated carbocycles. The molecule has 2 aliphatic rings. The number of para-hydroxylation sites is 1. The van der Waals surface area contributed by atoms with Crippen LogP contribution in [0.2, 0.25) is 0 Å². The van der Waals surface area contributed by atoms with E-state index < -0.39 is 0 Å². The van der Waals surface area contributed by atoms with Gasteiger partial charge in [0.2, 0.25) is 0 Å². The number of allylic oxidation sites excluding steroid dienone is 1. The van der Waals surface area contributed by atoms with Crippen molar-refractivity contribution >= 4 is 11.5 Å². The molecule has 0 spiro atoms. The van der Waals surface area contributed by atoms with Crippen molar-refractivity contribution in [2.45, 2.75) is 25.2 Å². The second-order valence-corrected chi connectivity index (χ2v) is 4.56. The van der Waals surface area contributed by atoms with Crippen LogP contribution in [0.25, 0.3) is 0 Å². The first-order chi connectivity index (χ1) is 7.84. The van der Waals surface area contributed by atoms with Crippen molar-refractivity contribution in [2.24, 2.45) is 0 Å². The van der Waals surface area contributed by atoms with Gasteiger partial charge < -0.3 is 5.32 Å². The van der Waals surface area contributed by atoms with Gasteiger partial charge in [-0.15, -0.1) is 0 Å². The van der Waals surface area contributed by atoms with E-state index in [1.807, 2.05) is 6.08 Å². The van der Waals surface area contributed by atoms with Gasteiger partial charge in [0.05, 0.1) is 0 Å². The Morgan fingerprint density at radius 1 is 1.19 bits per heavy atom. The Labute approximate surface area is 95.4 Å². The van der Waals surface area contributed by atoms with Crippen LogP contribution in [0.1, 0.15) is 30.7 Å². The van der Waals surface area contributed by atoms with Crippen LogP contribution in [0.15, 0.2) is 35.9 Å². The lowest BCUT2D eigenvalue weighted by molar-refractivity contribution is -0.115. The highest BCUT2D eigenvalue weighted by Crippen LogP contribution is 2.38. The molecule has 82 valence electrons. The van der Waals surface area contributed by atoms with Gasteiger partial charge in [0, 0.05) is 24.6 Å². The predicted octanol–water partition coefficient (Wildman–Crippen LogP) is 2.88. The molecule has 2 nitrogen and oxygen atoms in total. The van der Waals surface area contributed by atoms with E-state index in [4.69, 9.17) is 0 Å². The van der Waals surface area contributed by atoms with Gasteiger partial charge in [-0.1, -0.05) is 23.8 Å². The first-order valence-electron chi connectivity index (χ1n) is 5.91. The molecule has 1 atom stereocenters. The van der Waals surface area contributed by atoms with E-state index in [9.17, 15) is 4.79 Å². The third kappa shape index (κ3) is 1.54. The van der Waals surface area contributed by atoms with E-state index in [-0.39, 0.29) is 0 Å². The number of nitrogens with one attached hydrogen (secondary N) is 1. The summed E-state index contributed by atoms with van der Waals surface area (Å²) < 4.78 is 0. The summed E-state index contributed by atoms with van der Waals surface area (Å²) in [4.78, 5) is 11.4. The number of carbonyl (C=O) groups is 1. The van der Waals surface area contributed by atoms with Crippen molar-refractivity contribution in [3.05, 3.63) is 41.5 Å². The molecule has 0 bridgehead atoms. The first kappa shape index (κ1) is 9.64. The second kappa shape index (κ2) is 3.78. The molecule has 3 rings (SSSR count). The average molecular weight is 213 g/mol. The van der Waals surface area contributed by atoms with Crippen LogP contribution in [0, 0.1) is 0 Å². The lowest BCUT2D eigenvalue weighted by Gasteiger charge is -2.18. The van der Waals surface area contributed by atoms with Gasteiger partial charge in [-0.3, -0.25) is 4.79 Å². The van der Waals surface area contributed by atoms with Crippen LogP contribution in [0.5, 0.6) is 0 Å². The Hall–Kier alpha value is -1.57. The van der Waals surface area contributed by atoms with Gasteiger partial charge in [-0.25, -0.2) is 0 Å². The molecule has 0 aromatic heterocycles. The molecule has 1 N–H and O–H groups in total. The molecule has 1 aliphatic carbocycles.